The third-order valence-electron chi connectivity index (χ3n) is 14.7. The predicted octanol–water partition coefficient (Wildman–Crippen LogP) is 9.60. The number of fused-ring (bicyclic) bond motifs is 2. The van der Waals surface area contributed by atoms with Gasteiger partial charge >= 0.3 is 21.1 Å². The van der Waals surface area contributed by atoms with E-state index in [9.17, 15) is 16.8 Å². The van der Waals surface area contributed by atoms with Crippen LogP contribution in [0.1, 0.15) is 117 Å². The van der Waals surface area contributed by atoms with Crippen molar-refractivity contribution in [2.24, 2.45) is 0 Å². The minimum atomic E-state index is -3.84. The summed E-state index contributed by atoms with van der Waals surface area (Å²) >= 11 is 6.31. The monoisotopic (exact) mass is 1010 g/mol. The molecule has 0 bridgehead atoms. The summed E-state index contributed by atoms with van der Waals surface area (Å²) in [5.74, 6) is 0. The van der Waals surface area contributed by atoms with Gasteiger partial charge in [-0.1, -0.05) is 64.7 Å². The standard InChI is InChI=1S/C22H27BN2O4S.C16H15ClN2O2S.C12H24B2O4/c1-14-8-11-17(12-9-14)30(26,27)25-18-13-10-15(2)20(19(18)16(3)24-25)23-28-21(4,5)22(6,7)29-23;1-10-4-7-13(8-5-10)22(20,21)19-14-9-6-11(2)16(17)15(14)12(3)18-19;1-9(2)10(3,4)16-13(15-9)14-17-11(5,6)12(7,8)18-14/h8-13H,1-7H3;4-9H,1-3H3;1-8H3. The Balaban J connectivity index is 0.000000161. The highest BCUT2D eigenvalue weighted by atomic mass is 35.5. The van der Waals surface area contributed by atoms with Crippen LogP contribution >= 0.6 is 11.6 Å². The molecule has 0 amide bonds. The summed E-state index contributed by atoms with van der Waals surface area (Å²) in [6.07, 6.45) is 0. The van der Waals surface area contributed by atoms with E-state index in [-0.39, 0.29) is 32.2 Å². The van der Waals surface area contributed by atoms with Gasteiger partial charge in [-0.3, -0.25) is 0 Å². The maximum atomic E-state index is 13.3. The summed E-state index contributed by atoms with van der Waals surface area (Å²) in [6, 6.07) is 20.7. The summed E-state index contributed by atoms with van der Waals surface area (Å²) in [6.45, 7) is 35.5. The van der Waals surface area contributed by atoms with Gasteiger partial charge in [0.2, 0.25) is 0 Å². The van der Waals surface area contributed by atoms with Gasteiger partial charge in [0.15, 0.2) is 0 Å². The Kier molecular flexibility index (Phi) is 13.9. The van der Waals surface area contributed by atoms with Gasteiger partial charge in [-0.25, -0.2) is 0 Å². The molecule has 0 atom stereocenters. The molecule has 4 aromatic carbocycles. The molecule has 0 aliphatic carbocycles. The van der Waals surface area contributed by atoms with Crippen LogP contribution in [0.5, 0.6) is 0 Å². The quantitative estimate of drug-likeness (QED) is 0.146. The number of benzene rings is 4. The van der Waals surface area contributed by atoms with Crippen molar-refractivity contribution >= 4 is 80.1 Å². The normalized spacial score (nSPS) is 19.8. The van der Waals surface area contributed by atoms with Crippen LogP contribution in [0.4, 0.5) is 0 Å². The maximum Gasteiger partial charge on any atom is 0.495 e. The number of rotatable bonds is 6. The molecule has 3 saturated heterocycles. The van der Waals surface area contributed by atoms with Crippen molar-refractivity contribution in [2.75, 3.05) is 0 Å². The molecule has 3 aliphatic heterocycles. The van der Waals surface area contributed by atoms with E-state index in [1.807, 2.05) is 124 Å². The summed E-state index contributed by atoms with van der Waals surface area (Å²) in [7, 11) is -9.13. The number of aryl methyl sites for hydroxylation is 6. The molecule has 3 fully saturated rings. The molecule has 0 radical (unpaired) electrons. The number of hydrogen-bond acceptors (Lipinski definition) is 12. The van der Waals surface area contributed by atoms with E-state index in [1.165, 1.54) is 0 Å². The predicted molar refractivity (Wildman–Crippen MR) is 279 cm³/mol. The Hall–Kier alpha value is -4.04. The Bertz CT molecular complexity index is 3120. The molecule has 9 rings (SSSR count). The lowest BCUT2D eigenvalue weighted by Crippen LogP contribution is -2.41. The van der Waals surface area contributed by atoms with Crippen molar-refractivity contribution in [3.05, 3.63) is 111 Å². The van der Waals surface area contributed by atoms with Crippen molar-refractivity contribution in [3.63, 3.8) is 0 Å². The average molecular weight is 1020 g/mol. The second-order valence-electron chi connectivity index (χ2n) is 21.6. The van der Waals surface area contributed by atoms with E-state index >= 15 is 0 Å². The van der Waals surface area contributed by atoms with Crippen molar-refractivity contribution in [1.29, 1.82) is 0 Å². The molecule has 0 N–H and O–H groups in total. The van der Waals surface area contributed by atoms with E-state index in [4.69, 9.17) is 39.5 Å². The number of aromatic nitrogens is 4. The van der Waals surface area contributed by atoms with Crippen LogP contribution in [0.25, 0.3) is 21.8 Å². The largest absolute Gasteiger partial charge is 0.495 e. The molecule has 14 nitrogen and oxygen atoms in total. The number of hydrogen-bond donors (Lipinski definition) is 0. The average Bonchev–Trinajstić information content (AvgIpc) is 3.96. The van der Waals surface area contributed by atoms with Crippen molar-refractivity contribution in [2.45, 2.75) is 168 Å². The number of halogens is 1. The van der Waals surface area contributed by atoms with E-state index < -0.39 is 52.4 Å². The highest BCUT2D eigenvalue weighted by Gasteiger charge is 2.64. The van der Waals surface area contributed by atoms with Crippen molar-refractivity contribution in [1.82, 2.24) is 18.4 Å². The third kappa shape index (κ3) is 9.55. The molecule has 6 aromatic rings. The molecule has 3 aliphatic rings. The summed E-state index contributed by atoms with van der Waals surface area (Å²) in [5, 5.41) is 10.6. The lowest BCUT2D eigenvalue weighted by Gasteiger charge is -2.32. The highest BCUT2D eigenvalue weighted by molar-refractivity contribution is 7.90. The molecule has 70 heavy (non-hydrogen) atoms. The fourth-order valence-corrected chi connectivity index (χ4v) is 11.1. The molecule has 0 spiro atoms. The van der Waals surface area contributed by atoms with Crippen LogP contribution < -0.4 is 5.46 Å². The smallest absolute Gasteiger partial charge is 0.405 e. The van der Waals surface area contributed by atoms with Crippen molar-refractivity contribution < 1.29 is 44.8 Å². The molecule has 0 unspecified atom stereocenters. The first kappa shape index (κ1) is 53.8. The second-order valence-corrected chi connectivity index (χ2v) is 25.5. The SMILES string of the molecule is CC1(C)OB(B2OC(C)(C)C(C)(C)O2)OC1(C)C.Cc1ccc(S(=O)(=O)n2nc(C)c3c(B4OC(C)(C)C(C)(C)O4)c(C)ccc32)cc1.Cc1ccc(S(=O)(=O)n2nc(C)c3c(Cl)c(C)ccc32)cc1. The lowest BCUT2D eigenvalue weighted by atomic mass is 9.49. The zero-order chi connectivity index (χ0) is 52.1. The molecule has 20 heteroatoms. The Morgan fingerprint density at radius 3 is 1.13 bits per heavy atom. The first-order valence-corrected chi connectivity index (χ1v) is 26.7. The minimum absolute atomic E-state index is 0.204. The molecular weight excluding hydrogens is 949 g/mol. The minimum Gasteiger partial charge on any atom is -0.405 e. The molecule has 2 aromatic heterocycles. The number of nitrogens with zero attached hydrogens (tertiary/aromatic N) is 4. The van der Waals surface area contributed by atoms with Gasteiger partial charge in [0.1, 0.15) is 0 Å². The van der Waals surface area contributed by atoms with Gasteiger partial charge in [0.05, 0.1) is 70.8 Å². The van der Waals surface area contributed by atoms with Gasteiger partial charge in [-0.15, -0.1) is 0 Å². The summed E-state index contributed by atoms with van der Waals surface area (Å²) < 4.78 is 90.9. The van der Waals surface area contributed by atoms with Gasteiger partial charge in [-0.05, 0) is 172 Å². The van der Waals surface area contributed by atoms with Gasteiger partial charge in [-0.2, -0.15) is 35.2 Å². The van der Waals surface area contributed by atoms with Crippen LogP contribution in [0.2, 0.25) is 5.02 Å². The Morgan fingerprint density at radius 1 is 0.443 bits per heavy atom. The Labute approximate surface area is 420 Å². The van der Waals surface area contributed by atoms with Gasteiger partial charge in [0.25, 0.3) is 20.0 Å². The molecule has 0 saturated carbocycles. The lowest BCUT2D eigenvalue weighted by molar-refractivity contribution is 0.00578. The van der Waals surface area contributed by atoms with Gasteiger partial charge in [0, 0.05) is 10.8 Å². The van der Waals surface area contributed by atoms with Crippen LogP contribution in [-0.2, 0) is 48.0 Å². The fourth-order valence-electron chi connectivity index (χ4n) is 8.16. The highest BCUT2D eigenvalue weighted by Crippen LogP contribution is 2.43. The topological polar surface area (TPSA) is 159 Å². The van der Waals surface area contributed by atoms with E-state index in [0.717, 1.165) is 41.3 Å². The molecule has 5 heterocycles. The third-order valence-corrected chi connectivity index (χ3v) is 18.4. The first-order chi connectivity index (χ1) is 32.0. The zero-order valence-corrected chi connectivity index (χ0v) is 46.1. The van der Waals surface area contributed by atoms with E-state index in [2.05, 4.69) is 10.2 Å². The first-order valence-electron chi connectivity index (χ1n) is 23.4. The van der Waals surface area contributed by atoms with Crippen LogP contribution in [0, 0.1) is 41.5 Å². The van der Waals surface area contributed by atoms with Crippen LogP contribution in [0.15, 0.2) is 82.6 Å². The molecular formula is C50H66B3ClN4O10S2. The Morgan fingerprint density at radius 2 is 0.757 bits per heavy atom. The zero-order valence-electron chi connectivity index (χ0n) is 43.7. The van der Waals surface area contributed by atoms with Crippen LogP contribution in [-0.4, -0.2) is 90.0 Å². The molecule has 374 valence electrons. The van der Waals surface area contributed by atoms with E-state index in [1.54, 1.807) is 73.7 Å². The fraction of sp³-hybridized carbons (Fsp3) is 0.480. The summed E-state index contributed by atoms with van der Waals surface area (Å²) in [5.41, 5.74) is 4.48. The van der Waals surface area contributed by atoms with Gasteiger partial charge < -0.3 is 27.9 Å². The maximum absolute atomic E-state index is 13.3. The van der Waals surface area contributed by atoms with Crippen molar-refractivity contribution in [3.8, 4) is 0 Å². The van der Waals surface area contributed by atoms with Crippen LogP contribution in [0.3, 0.4) is 0 Å². The second kappa shape index (κ2) is 18.2. The summed E-state index contributed by atoms with van der Waals surface area (Å²) in [4.78, 5) is 0.412. The van der Waals surface area contributed by atoms with E-state index in [0.29, 0.717) is 32.8 Å².